The van der Waals surface area contributed by atoms with Crippen molar-refractivity contribution in [3.05, 3.63) is 65.9 Å². The number of imidazole rings is 1. The highest BCUT2D eigenvalue weighted by Gasteiger charge is 2.20. The largest absolute Gasteiger partial charge is 0.357 e. The zero-order valence-electron chi connectivity index (χ0n) is 18.6. The topological polar surface area (TPSA) is 69.8 Å². The maximum atomic E-state index is 4.80. The summed E-state index contributed by atoms with van der Waals surface area (Å²) in [6, 6.07) is 10.7. The number of nitrogens with zero attached hydrogens (tertiary/aromatic N) is 5. The van der Waals surface area contributed by atoms with E-state index in [2.05, 4.69) is 69.2 Å². The van der Waals surface area contributed by atoms with E-state index in [1.807, 2.05) is 18.5 Å². The quantitative estimate of drug-likeness (QED) is 0.455. The molecule has 0 aromatic carbocycles. The molecular weight excluding hydrogens is 386 g/mol. The Morgan fingerprint density at radius 1 is 1.16 bits per heavy atom. The molecule has 0 bridgehead atoms. The lowest BCUT2D eigenvalue weighted by Crippen LogP contribution is -2.48. The lowest BCUT2D eigenvalue weighted by Gasteiger charge is -2.32. The standard InChI is InChI=1S/C24H33N7/c1-3-25-24(27-13-9-22-18-31-14-6-7-19(2)23(31)28-22)29-20-10-15-30(16-11-20)17-21-8-4-5-12-26-21/h4-8,12,14,18,20H,3,9-11,13,15-17H2,1-2H3,(H2,25,27,29). The van der Waals surface area contributed by atoms with Crippen LogP contribution in [0.25, 0.3) is 5.65 Å². The van der Waals surface area contributed by atoms with E-state index in [0.717, 1.165) is 75.0 Å². The normalized spacial score (nSPS) is 16.0. The molecule has 1 aliphatic heterocycles. The van der Waals surface area contributed by atoms with E-state index in [1.165, 1.54) is 5.56 Å². The Balaban J connectivity index is 1.27. The summed E-state index contributed by atoms with van der Waals surface area (Å²) in [5.41, 5.74) is 4.45. The Morgan fingerprint density at radius 2 is 2.03 bits per heavy atom. The lowest BCUT2D eigenvalue weighted by molar-refractivity contribution is 0.196. The third-order valence-electron chi connectivity index (χ3n) is 5.75. The smallest absolute Gasteiger partial charge is 0.191 e. The van der Waals surface area contributed by atoms with Crippen molar-refractivity contribution in [2.24, 2.45) is 4.99 Å². The molecule has 0 atom stereocenters. The molecule has 4 rings (SSSR count). The van der Waals surface area contributed by atoms with Crippen molar-refractivity contribution in [3.8, 4) is 0 Å². The number of fused-ring (bicyclic) bond motifs is 1. The molecule has 0 aliphatic carbocycles. The van der Waals surface area contributed by atoms with E-state index in [-0.39, 0.29) is 0 Å². The van der Waals surface area contributed by atoms with Crippen LogP contribution in [0.5, 0.6) is 0 Å². The first kappa shape index (κ1) is 21.3. The third kappa shape index (κ3) is 5.82. The van der Waals surface area contributed by atoms with Crippen molar-refractivity contribution in [2.75, 3.05) is 26.2 Å². The van der Waals surface area contributed by atoms with Crippen LogP contribution in [0.15, 0.2) is 53.9 Å². The zero-order chi connectivity index (χ0) is 21.5. The Bertz CT molecular complexity index is 988. The number of aryl methyl sites for hydroxylation is 1. The molecule has 0 radical (unpaired) electrons. The summed E-state index contributed by atoms with van der Waals surface area (Å²) in [4.78, 5) is 16.5. The SMILES string of the molecule is CCNC(=NCCc1cn2cccc(C)c2n1)NC1CCN(Cc2ccccn2)CC1. The van der Waals surface area contributed by atoms with Crippen LogP contribution >= 0.6 is 0 Å². The number of nitrogens with one attached hydrogen (secondary N) is 2. The first-order valence-electron chi connectivity index (χ1n) is 11.3. The van der Waals surface area contributed by atoms with E-state index in [0.29, 0.717) is 6.04 Å². The van der Waals surface area contributed by atoms with Gasteiger partial charge in [-0.15, -0.1) is 0 Å². The number of aliphatic imine (C=N–C) groups is 1. The molecule has 0 amide bonds. The highest BCUT2D eigenvalue weighted by molar-refractivity contribution is 5.80. The van der Waals surface area contributed by atoms with Gasteiger partial charge in [-0.1, -0.05) is 12.1 Å². The summed E-state index contributed by atoms with van der Waals surface area (Å²) in [5.74, 6) is 0.908. The number of guanidine groups is 1. The van der Waals surface area contributed by atoms with Crippen molar-refractivity contribution in [3.63, 3.8) is 0 Å². The van der Waals surface area contributed by atoms with Gasteiger partial charge in [0.15, 0.2) is 5.96 Å². The summed E-state index contributed by atoms with van der Waals surface area (Å²) < 4.78 is 2.09. The van der Waals surface area contributed by atoms with E-state index in [4.69, 9.17) is 9.98 Å². The van der Waals surface area contributed by atoms with Crippen LogP contribution in [-0.2, 0) is 13.0 Å². The van der Waals surface area contributed by atoms with Gasteiger partial charge in [-0.3, -0.25) is 14.9 Å². The Hall–Kier alpha value is -2.93. The van der Waals surface area contributed by atoms with Crippen LogP contribution in [0, 0.1) is 6.92 Å². The number of rotatable bonds is 7. The molecule has 0 spiro atoms. The van der Waals surface area contributed by atoms with Crippen LogP contribution < -0.4 is 10.6 Å². The minimum Gasteiger partial charge on any atom is -0.357 e. The van der Waals surface area contributed by atoms with Gasteiger partial charge < -0.3 is 15.0 Å². The minimum atomic E-state index is 0.454. The van der Waals surface area contributed by atoms with Crippen LogP contribution in [0.3, 0.4) is 0 Å². The van der Waals surface area contributed by atoms with E-state index >= 15 is 0 Å². The fourth-order valence-corrected chi connectivity index (χ4v) is 4.08. The summed E-state index contributed by atoms with van der Waals surface area (Å²) in [6.07, 6.45) is 9.09. The Morgan fingerprint density at radius 3 is 2.77 bits per heavy atom. The second kappa shape index (κ2) is 10.4. The highest BCUT2D eigenvalue weighted by atomic mass is 15.2. The van der Waals surface area contributed by atoms with Crippen molar-refractivity contribution in [1.82, 2.24) is 29.9 Å². The summed E-state index contributed by atoms with van der Waals surface area (Å²) in [5, 5.41) is 7.03. The average molecular weight is 420 g/mol. The maximum Gasteiger partial charge on any atom is 0.191 e. The van der Waals surface area contributed by atoms with Gasteiger partial charge in [0.25, 0.3) is 0 Å². The van der Waals surface area contributed by atoms with Crippen molar-refractivity contribution >= 4 is 11.6 Å². The summed E-state index contributed by atoms with van der Waals surface area (Å²) >= 11 is 0. The molecule has 164 valence electrons. The average Bonchev–Trinajstić information content (AvgIpc) is 3.20. The van der Waals surface area contributed by atoms with Crippen LogP contribution in [0.2, 0.25) is 0 Å². The van der Waals surface area contributed by atoms with Crippen molar-refractivity contribution < 1.29 is 0 Å². The van der Waals surface area contributed by atoms with E-state index in [9.17, 15) is 0 Å². The number of hydrogen-bond acceptors (Lipinski definition) is 4. The van der Waals surface area contributed by atoms with Gasteiger partial charge >= 0.3 is 0 Å². The molecule has 3 aromatic rings. The van der Waals surface area contributed by atoms with Gasteiger partial charge in [-0.05, 0) is 50.5 Å². The Kier molecular flexibility index (Phi) is 7.14. The second-order valence-corrected chi connectivity index (χ2v) is 8.18. The van der Waals surface area contributed by atoms with Crippen LogP contribution in [0.1, 0.15) is 36.7 Å². The fraction of sp³-hybridized carbons (Fsp3) is 0.458. The number of piperidine rings is 1. The summed E-state index contributed by atoms with van der Waals surface area (Å²) in [7, 11) is 0. The number of aromatic nitrogens is 3. The van der Waals surface area contributed by atoms with Crippen molar-refractivity contribution in [2.45, 2.75) is 45.7 Å². The van der Waals surface area contributed by atoms with Crippen LogP contribution in [0.4, 0.5) is 0 Å². The van der Waals surface area contributed by atoms with Gasteiger partial charge in [0.05, 0.1) is 11.4 Å². The molecule has 3 aromatic heterocycles. The number of likely N-dealkylation sites (tertiary alicyclic amines) is 1. The molecule has 0 saturated carbocycles. The monoisotopic (exact) mass is 419 g/mol. The van der Waals surface area contributed by atoms with Crippen LogP contribution in [-0.4, -0.2) is 57.4 Å². The number of hydrogen-bond donors (Lipinski definition) is 2. The molecule has 7 nitrogen and oxygen atoms in total. The van der Waals surface area contributed by atoms with E-state index < -0.39 is 0 Å². The second-order valence-electron chi connectivity index (χ2n) is 8.18. The molecule has 31 heavy (non-hydrogen) atoms. The van der Waals surface area contributed by atoms with E-state index in [1.54, 1.807) is 0 Å². The molecule has 1 aliphatic rings. The zero-order valence-corrected chi connectivity index (χ0v) is 18.6. The molecule has 4 heterocycles. The van der Waals surface area contributed by atoms with Gasteiger partial charge in [-0.2, -0.15) is 0 Å². The third-order valence-corrected chi connectivity index (χ3v) is 5.75. The first-order chi connectivity index (χ1) is 15.2. The first-order valence-corrected chi connectivity index (χ1v) is 11.3. The maximum absolute atomic E-state index is 4.80. The summed E-state index contributed by atoms with van der Waals surface area (Å²) in [6.45, 7) is 8.87. The highest BCUT2D eigenvalue weighted by Crippen LogP contribution is 2.13. The predicted molar refractivity (Wildman–Crippen MR) is 125 cm³/mol. The molecule has 1 fully saturated rings. The lowest BCUT2D eigenvalue weighted by atomic mass is 10.0. The van der Waals surface area contributed by atoms with Crippen molar-refractivity contribution in [1.29, 1.82) is 0 Å². The van der Waals surface area contributed by atoms with Gasteiger partial charge in [0.1, 0.15) is 5.65 Å². The molecule has 0 unspecified atom stereocenters. The minimum absolute atomic E-state index is 0.454. The molecule has 1 saturated heterocycles. The fourth-order valence-electron chi connectivity index (χ4n) is 4.08. The molecule has 7 heteroatoms. The Labute approximate surface area is 184 Å². The van der Waals surface area contributed by atoms with Gasteiger partial charge in [-0.25, -0.2) is 4.98 Å². The van der Waals surface area contributed by atoms with Gasteiger partial charge in [0, 0.05) is 63.8 Å². The predicted octanol–water partition coefficient (Wildman–Crippen LogP) is 2.80. The number of pyridine rings is 2. The molecule has 2 N–H and O–H groups in total. The van der Waals surface area contributed by atoms with Gasteiger partial charge in [0.2, 0.25) is 0 Å². The molecular formula is C24H33N7.